The first-order chi connectivity index (χ1) is 16.4. The number of benzene rings is 2. The lowest BCUT2D eigenvalue weighted by atomic mass is 10.0. The van der Waals surface area contributed by atoms with E-state index in [9.17, 15) is 4.79 Å². The van der Waals surface area contributed by atoms with Crippen molar-refractivity contribution in [3.8, 4) is 17.0 Å². The number of aromatic amines is 1. The van der Waals surface area contributed by atoms with Crippen LogP contribution in [-0.4, -0.2) is 58.0 Å². The predicted octanol–water partition coefficient (Wildman–Crippen LogP) is 4.57. The van der Waals surface area contributed by atoms with Crippen LogP contribution < -0.4 is 10.1 Å². The summed E-state index contributed by atoms with van der Waals surface area (Å²) in [6.07, 6.45) is 6.08. The quantitative estimate of drug-likeness (QED) is 0.457. The van der Waals surface area contributed by atoms with E-state index in [0.717, 1.165) is 64.9 Å². The average Bonchev–Trinajstić information content (AvgIpc) is 3.48. The molecule has 0 bridgehead atoms. The Morgan fingerprint density at radius 1 is 1.18 bits per heavy atom. The Kier molecular flexibility index (Phi) is 5.83. The van der Waals surface area contributed by atoms with Crippen LogP contribution >= 0.6 is 0 Å². The zero-order valence-corrected chi connectivity index (χ0v) is 20.1. The van der Waals surface area contributed by atoms with Gasteiger partial charge in [-0.1, -0.05) is 18.2 Å². The van der Waals surface area contributed by atoms with Gasteiger partial charge in [-0.15, -0.1) is 0 Å². The number of aryl methyl sites for hydroxylation is 2. The van der Waals surface area contributed by atoms with Gasteiger partial charge in [0.05, 0.1) is 30.4 Å². The van der Waals surface area contributed by atoms with E-state index in [1.54, 1.807) is 7.11 Å². The molecule has 0 radical (unpaired) electrons. The van der Waals surface area contributed by atoms with Gasteiger partial charge >= 0.3 is 0 Å². The molecule has 5 rings (SSSR count). The molecule has 0 aliphatic carbocycles. The number of carbonyl (C=O) groups is 1. The van der Waals surface area contributed by atoms with Crippen LogP contribution in [0.15, 0.2) is 42.7 Å². The molecule has 2 aromatic heterocycles. The molecule has 2 aromatic carbocycles. The maximum Gasteiger partial charge on any atom is 0.259 e. The minimum atomic E-state index is -0.217. The molecule has 0 atom stereocenters. The number of anilines is 1. The van der Waals surface area contributed by atoms with E-state index in [1.165, 1.54) is 0 Å². The lowest BCUT2D eigenvalue weighted by Crippen LogP contribution is -2.31. The number of amides is 1. The van der Waals surface area contributed by atoms with Crippen LogP contribution in [0.25, 0.3) is 22.2 Å². The molecule has 34 heavy (non-hydrogen) atoms. The highest BCUT2D eigenvalue weighted by Gasteiger charge is 2.22. The second-order valence-electron chi connectivity index (χ2n) is 9.13. The third-order valence-electron chi connectivity index (χ3n) is 6.78. The number of piperidine rings is 1. The van der Waals surface area contributed by atoms with E-state index >= 15 is 0 Å². The highest BCUT2D eigenvalue weighted by atomic mass is 16.5. The van der Waals surface area contributed by atoms with Crippen LogP contribution in [0.1, 0.15) is 40.4 Å². The molecule has 2 N–H and O–H groups in total. The van der Waals surface area contributed by atoms with E-state index in [2.05, 4.69) is 43.4 Å². The summed E-state index contributed by atoms with van der Waals surface area (Å²) >= 11 is 0. The summed E-state index contributed by atoms with van der Waals surface area (Å²) in [7, 11) is 3.73. The number of H-pyrrole nitrogens is 1. The zero-order chi connectivity index (χ0) is 23.8. The number of rotatable bonds is 5. The molecular weight excluding hydrogens is 428 g/mol. The largest absolute Gasteiger partial charge is 0.496 e. The summed E-state index contributed by atoms with van der Waals surface area (Å²) in [6.45, 7) is 6.12. The highest BCUT2D eigenvalue weighted by molar-refractivity contribution is 6.10. The molecule has 0 saturated carbocycles. The summed E-state index contributed by atoms with van der Waals surface area (Å²) in [6, 6.07) is 10.0. The normalized spacial score (nSPS) is 15.1. The third-order valence-corrected chi connectivity index (χ3v) is 6.78. The van der Waals surface area contributed by atoms with Crippen molar-refractivity contribution in [1.82, 2.24) is 24.9 Å². The number of hydrogen-bond acceptors (Lipinski definition) is 5. The zero-order valence-electron chi connectivity index (χ0n) is 20.1. The Hall–Kier alpha value is -3.65. The number of nitrogens with one attached hydrogen (secondary N) is 2. The number of nitrogens with zero attached hydrogens (tertiary/aromatic N) is 4. The number of para-hydroxylation sites is 1. The molecule has 0 spiro atoms. The van der Waals surface area contributed by atoms with Gasteiger partial charge in [-0.25, -0.2) is 0 Å². The molecule has 1 amide bonds. The number of fused-ring (bicyclic) bond motifs is 1. The highest BCUT2D eigenvalue weighted by Crippen LogP contribution is 2.33. The second kappa shape index (κ2) is 8.95. The fourth-order valence-electron chi connectivity index (χ4n) is 4.72. The van der Waals surface area contributed by atoms with E-state index in [-0.39, 0.29) is 5.91 Å². The number of ether oxygens (including phenoxy) is 1. The number of methoxy groups -OCH3 is 1. The lowest BCUT2D eigenvalue weighted by Gasteiger charge is -2.28. The number of aromatic nitrogens is 4. The summed E-state index contributed by atoms with van der Waals surface area (Å²) in [4.78, 5) is 15.7. The van der Waals surface area contributed by atoms with Gasteiger partial charge in [-0.3, -0.25) is 14.6 Å². The molecule has 3 heterocycles. The summed E-state index contributed by atoms with van der Waals surface area (Å²) in [5.41, 5.74) is 5.82. The smallest absolute Gasteiger partial charge is 0.259 e. The Bertz CT molecular complexity index is 1330. The molecule has 1 saturated heterocycles. The van der Waals surface area contributed by atoms with Crippen LogP contribution in [0.3, 0.4) is 0 Å². The third kappa shape index (κ3) is 4.05. The molecule has 1 aliphatic heterocycles. The molecule has 176 valence electrons. The first kappa shape index (κ1) is 22.2. The van der Waals surface area contributed by atoms with E-state index in [4.69, 9.17) is 4.74 Å². The van der Waals surface area contributed by atoms with Crippen LogP contribution in [0, 0.1) is 13.8 Å². The molecular formula is C26H30N6O2. The Morgan fingerprint density at radius 3 is 2.62 bits per heavy atom. The van der Waals surface area contributed by atoms with Crippen LogP contribution in [-0.2, 0) is 0 Å². The number of hydrogen-bond donors (Lipinski definition) is 2. The first-order valence-electron chi connectivity index (χ1n) is 11.6. The predicted molar refractivity (Wildman–Crippen MR) is 134 cm³/mol. The number of carbonyl (C=O) groups excluding carboxylic acids is 1. The van der Waals surface area contributed by atoms with Gasteiger partial charge in [-0.05, 0) is 64.0 Å². The van der Waals surface area contributed by atoms with Crippen molar-refractivity contribution in [2.75, 3.05) is 32.6 Å². The minimum absolute atomic E-state index is 0.217. The van der Waals surface area contributed by atoms with Crippen molar-refractivity contribution in [3.05, 3.63) is 59.4 Å². The van der Waals surface area contributed by atoms with Crippen LogP contribution in [0.4, 0.5) is 5.69 Å². The SMILES string of the molecule is COc1cc2[nH]nc(-c3cnn(C4CCN(C)CC4)c3)c2cc1C(=O)Nc1c(C)cccc1C. The fourth-order valence-corrected chi connectivity index (χ4v) is 4.72. The lowest BCUT2D eigenvalue weighted by molar-refractivity contribution is 0.102. The molecule has 8 heteroatoms. The molecule has 1 aliphatic rings. The van der Waals surface area contributed by atoms with Gasteiger partial charge in [0.25, 0.3) is 5.91 Å². The Balaban J connectivity index is 1.49. The molecule has 4 aromatic rings. The van der Waals surface area contributed by atoms with E-state index < -0.39 is 0 Å². The van der Waals surface area contributed by atoms with Gasteiger partial charge in [0, 0.05) is 28.9 Å². The maximum atomic E-state index is 13.3. The van der Waals surface area contributed by atoms with E-state index in [0.29, 0.717) is 17.4 Å². The van der Waals surface area contributed by atoms with Crippen molar-refractivity contribution in [1.29, 1.82) is 0 Å². The average molecular weight is 459 g/mol. The van der Waals surface area contributed by atoms with Crippen molar-refractivity contribution in [2.45, 2.75) is 32.7 Å². The van der Waals surface area contributed by atoms with Gasteiger partial charge in [0.15, 0.2) is 0 Å². The fraction of sp³-hybridized carbons (Fsp3) is 0.346. The summed E-state index contributed by atoms with van der Waals surface area (Å²) in [5, 5.41) is 16.2. The van der Waals surface area contributed by atoms with Crippen molar-refractivity contribution >= 4 is 22.5 Å². The van der Waals surface area contributed by atoms with Crippen molar-refractivity contribution in [3.63, 3.8) is 0 Å². The van der Waals surface area contributed by atoms with E-state index in [1.807, 2.05) is 50.4 Å². The Labute approximate surface area is 198 Å². The van der Waals surface area contributed by atoms with Crippen molar-refractivity contribution < 1.29 is 9.53 Å². The standard InChI is InChI=1S/C26H30N6O2/c1-16-6-5-7-17(2)24(16)28-26(33)21-12-20-22(13-23(21)34-4)29-30-25(20)18-14-27-32(15-18)19-8-10-31(3)11-9-19/h5-7,12-15,19H,8-11H2,1-4H3,(H,28,33)(H,29,30). The van der Waals surface area contributed by atoms with Crippen LogP contribution in [0.2, 0.25) is 0 Å². The van der Waals surface area contributed by atoms with Crippen LogP contribution in [0.5, 0.6) is 5.75 Å². The molecule has 8 nitrogen and oxygen atoms in total. The number of likely N-dealkylation sites (tertiary alicyclic amines) is 1. The van der Waals surface area contributed by atoms with Crippen molar-refractivity contribution in [2.24, 2.45) is 0 Å². The molecule has 1 fully saturated rings. The van der Waals surface area contributed by atoms with Gasteiger partial charge in [0.2, 0.25) is 0 Å². The second-order valence-corrected chi connectivity index (χ2v) is 9.13. The summed E-state index contributed by atoms with van der Waals surface area (Å²) < 4.78 is 7.61. The van der Waals surface area contributed by atoms with Gasteiger partial charge in [0.1, 0.15) is 11.4 Å². The Morgan fingerprint density at radius 2 is 1.91 bits per heavy atom. The monoisotopic (exact) mass is 458 g/mol. The maximum absolute atomic E-state index is 13.3. The van der Waals surface area contributed by atoms with Gasteiger partial charge in [-0.2, -0.15) is 10.2 Å². The first-order valence-corrected chi connectivity index (χ1v) is 11.6. The molecule has 0 unspecified atom stereocenters. The van der Waals surface area contributed by atoms with Gasteiger partial charge < -0.3 is 15.0 Å². The minimum Gasteiger partial charge on any atom is -0.496 e. The topological polar surface area (TPSA) is 88.1 Å². The summed E-state index contributed by atoms with van der Waals surface area (Å²) in [5.74, 6) is 0.277.